The Morgan fingerprint density at radius 2 is 2.00 bits per heavy atom. The molecule has 0 aromatic carbocycles. The summed E-state index contributed by atoms with van der Waals surface area (Å²) in [6.45, 7) is 2.69. The van der Waals surface area contributed by atoms with Gasteiger partial charge in [0.15, 0.2) is 0 Å². The molecule has 0 spiro atoms. The van der Waals surface area contributed by atoms with Crippen LogP contribution in [0.3, 0.4) is 0 Å². The van der Waals surface area contributed by atoms with Gasteiger partial charge in [-0.25, -0.2) is 0 Å². The van der Waals surface area contributed by atoms with Gasteiger partial charge in [-0.1, -0.05) is 0 Å². The molecule has 0 saturated carbocycles. The summed E-state index contributed by atoms with van der Waals surface area (Å²) >= 11 is 0. The SMILES string of the molecule is CC(=O)OCCN(C)C.[B]. The predicted molar refractivity (Wildman–Crippen MR) is 40.9 cm³/mol. The summed E-state index contributed by atoms with van der Waals surface area (Å²) in [5.74, 6) is -0.211. The smallest absolute Gasteiger partial charge is 0.302 e. The molecule has 4 heteroatoms. The van der Waals surface area contributed by atoms with Crippen molar-refractivity contribution in [3.05, 3.63) is 0 Å². The van der Waals surface area contributed by atoms with Crippen molar-refractivity contribution < 1.29 is 9.53 Å². The molecule has 0 aromatic heterocycles. The van der Waals surface area contributed by atoms with E-state index in [1.807, 2.05) is 19.0 Å². The van der Waals surface area contributed by atoms with Crippen LogP contribution in [0.4, 0.5) is 0 Å². The van der Waals surface area contributed by atoms with E-state index in [4.69, 9.17) is 0 Å². The van der Waals surface area contributed by atoms with Crippen LogP contribution in [-0.4, -0.2) is 46.5 Å². The highest BCUT2D eigenvalue weighted by Crippen LogP contribution is 1.77. The zero-order chi connectivity index (χ0) is 7.28. The highest BCUT2D eigenvalue weighted by atomic mass is 16.5. The number of ether oxygens (including phenoxy) is 1. The third-order valence-corrected chi connectivity index (χ3v) is 0.844. The van der Waals surface area contributed by atoms with E-state index in [1.54, 1.807) is 0 Å². The Morgan fingerprint density at radius 3 is 2.30 bits per heavy atom. The third kappa shape index (κ3) is 10.5. The van der Waals surface area contributed by atoms with E-state index in [1.165, 1.54) is 6.92 Å². The largest absolute Gasteiger partial charge is 0.465 e. The van der Waals surface area contributed by atoms with Crippen LogP contribution in [0.25, 0.3) is 0 Å². The van der Waals surface area contributed by atoms with Crippen LogP contribution >= 0.6 is 0 Å². The van der Waals surface area contributed by atoms with Crippen molar-refractivity contribution >= 4 is 14.4 Å². The summed E-state index contributed by atoms with van der Waals surface area (Å²) in [5.41, 5.74) is 0. The number of hydrogen-bond acceptors (Lipinski definition) is 3. The number of nitrogens with zero attached hydrogens (tertiary/aromatic N) is 1. The van der Waals surface area contributed by atoms with Crippen molar-refractivity contribution in [1.29, 1.82) is 0 Å². The first-order valence-electron chi connectivity index (χ1n) is 2.91. The van der Waals surface area contributed by atoms with Gasteiger partial charge >= 0.3 is 5.97 Å². The van der Waals surface area contributed by atoms with Crippen LogP contribution in [-0.2, 0) is 9.53 Å². The van der Waals surface area contributed by atoms with E-state index in [0.29, 0.717) is 6.61 Å². The van der Waals surface area contributed by atoms with Gasteiger partial charge in [-0.05, 0) is 14.1 Å². The molecule has 0 unspecified atom stereocenters. The minimum Gasteiger partial charge on any atom is -0.465 e. The summed E-state index contributed by atoms with van der Waals surface area (Å²) in [4.78, 5) is 12.1. The lowest BCUT2D eigenvalue weighted by molar-refractivity contribution is -0.141. The van der Waals surface area contributed by atoms with E-state index in [-0.39, 0.29) is 14.4 Å². The maximum atomic E-state index is 10.2. The van der Waals surface area contributed by atoms with Crippen LogP contribution in [0, 0.1) is 0 Å². The maximum Gasteiger partial charge on any atom is 0.302 e. The van der Waals surface area contributed by atoms with Crippen LogP contribution in [0.5, 0.6) is 0 Å². The average Bonchev–Trinajstić information content (AvgIpc) is 1.63. The standard InChI is InChI=1S/C6H13NO2.B/c1-6(8)9-5-4-7(2)3;/h4-5H2,1-3H3;. The van der Waals surface area contributed by atoms with Crippen molar-refractivity contribution in [1.82, 2.24) is 4.90 Å². The number of carbonyl (C=O) groups is 1. The van der Waals surface area contributed by atoms with Crippen molar-refractivity contribution in [2.75, 3.05) is 27.2 Å². The van der Waals surface area contributed by atoms with E-state index in [9.17, 15) is 4.79 Å². The van der Waals surface area contributed by atoms with Gasteiger partial charge in [-0.15, -0.1) is 0 Å². The molecule has 0 amide bonds. The van der Waals surface area contributed by atoms with Crippen molar-refractivity contribution in [3.63, 3.8) is 0 Å². The monoisotopic (exact) mass is 142 g/mol. The highest BCUT2D eigenvalue weighted by Gasteiger charge is 1.92. The molecule has 0 aliphatic heterocycles. The average molecular weight is 142 g/mol. The van der Waals surface area contributed by atoms with Gasteiger partial charge in [0, 0.05) is 21.9 Å². The molecule has 10 heavy (non-hydrogen) atoms. The van der Waals surface area contributed by atoms with E-state index in [0.717, 1.165) is 6.54 Å². The first kappa shape index (κ1) is 12.2. The zero-order valence-electron chi connectivity index (χ0n) is 6.76. The Kier molecular flexibility index (Phi) is 8.07. The summed E-state index contributed by atoms with van der Waals surface area (Å²) in [7, 11) is 3.87. The Labute approximate surface area is 63.9 Å². The van der Waals surface area contributed by atoms with E-state index in [2.05, 4.69) is 4.74 Å². The molecule has 0 heterocycles. The fourth-order valence-corrected chi connectivity index (χ4v) is 0.372. The second-order valence-corrected chi connectivity index (χ2v) is 2.14. The summed E-state index contributed by atoms with van der Waals surface area (Å²) in [5, 5.41) is 0. The molecule has 0 rings (SSSR count). The second-order valence-electron chi connectivity index (χ2n) is 2.14. The lowest BCUT2D eigenvalue weighted by Crippen LogP contribution is -2.19. The molecular formula is C6H13BNO2. The van der Waals surface area contributed by atoms with Crippen LogP contribution in [0.1, 0.15) is 6.92 Å². The van der Waals surface area contributed by atoms with Crippen molar-refractivity contribution in [3.8, 4) is 0 Å². The zero-order valence-corrected chi connectivity index (χ0v) is 6.76. The van der Waals surface area contributed by atoms with Gasteiger partial charge in [-0.2, -0.15) is 0 Å². The summed E-state index contributed by atoms with van der Waals surface area (Å²) in [6, 6.07) is 0. The van der Waals surface area contributed by atoms with Gasteiger partial charge in [0.2, 0.25) is 0 Å². The van der Waals surface area contributed by atoms with Gasteiger partial charge in [0.1, 0.15) is 6.61 Å². The second kappa shape index (κ2) is 6.61. The van der Waals surface area contributed by atoms with Gasteiger partial charge < -0.3 is 9.64 Å². The molecule has 0 aromatic rings. The molecule has 0 saturated heterocycles. The van der Waals surface area contributed by atoms with Crippen molar-refractivity contribution in [2.24, 2.45) is 0 Å². The minimum atomic E-state index is -0.211. The molecule has 0 N–H and O–H groups in total. The molecule has 0 fully saturated rings. The molecule has 0 bridgehead atoms. The quantitative estimate of drug-likeness (QED) is 0.401. The normalized spacial score (nSPS) is 8.80. The Balaban J connectivity index is 0. The third-order valence-electron chi connectivity index (χ3n) is 0.844. The van der Waals surface area contributed by atoms with Crippen LogP contribution in [0.2, 0.25) is 0 Å². The number of rotatable bonds is 3. The number of carbonyl (C=O) groups excluding carboxylic acids is 1. The fourth-order valence-electron chi connectivity index (χ4n) is 0.372. The Morgan fingerprint density at radius 1 is 1.50 bits per heavy atom. The lowest BCUT2D eigenvalue weighted by Gasteiger charge is -2.07. The van der Waals surface area contributed by atoms with Gasteiger partial charge in [0.05, 0.1) is 0 Å². The molecule has 57 valence electrons. The molecular weight excluding hydrogens is 129 g/mol. The van der Waals surface area contributed by atoms with Gasteiger partial charge in [0.25, 0.3) is 0 Å². The Bertz CT molecular complexity index is 95.7. The lowest BCUT2D eigenvalue weighted by atomic mass is 10.6. The predicted octanol–water partition coefficient (Wildman–Crippen LogP) is -0.270. The molecule has 0 aliphatic carbocycles. The van der Waals surface area contributed by atoms with E-state index < -0.39 is 0 Å². The highest BCUT2D eigenvalue weighted by molar-refractivity contribution is 5.75. The maximum absolute atomic E-state index is 10.2. The Hall–Kier alpha value is -0.505. The number of esters is 1. The van der Waals surface area contributed by atoms with Crippen LogP contribution in [0.15, 0.2) is 0 Å². The molecule has 3 radical (unpaired) electrons. The number of hydrogen-bond donors (Lipinski definition) is 0. The topological polar surface area (TPSA) is 29.5 Å². The van der Waals surface area contributed by atoms with E-state index >= 15 is 0 Å². The van der Waals surface area contributed by atoms with Crippen LogP contribution < -0.4 is 0 Å². The first-order valence-corrected chi connectivity index (χ1v) is 2.91. The summed E-state index contributed by atoms with van der Waals surface area (Å²) < 4.78 is 4.67. The number of likely N-dealkylation sites (N-methyl/N-ethyl adjacent to an activating group) is 1. The molecule has 0 aliphatic rings. The minimum absolute atomic E-state index is 0. The summed E-state index contributed by atoms with van der Waals surface area (Å²) in [6.07, 6.45) is 0. The fraction of sp³-hybridized carbons (Fsp3) is 0.833. The van der Waals surface area contributed by atoms with Gasteiger partial charge in [-0.3, -0.25) is 4.79 Å². The molecule has 3 nitrogen and oxygen atoms in total. The molecule has 0 atom stereocenters. The first-order chi connectivity index (χ1) is 4.13. The van der Waals surface area contributed by atoms with Crippen molar-refractivity contribution in [2.45, 2.75) is 6.92 Å².